The third-order valence-electron chi connectivity index (χ3n) is 7.19. The van der Waals surface area contributed by atoms with Gasteiger partial charge in [0.15, 0.2) is 0 Å². The Labute approximate surface area is 218 Å². The molecule has 3 aromatic heterocycles. The predicted octanol–water partition coefficient (Wildman–Crippen LogP) is 5.87. The zero-order valence-corrected chi connectivity index (χ0v) is 21.9. The summed E-state index contributed by atoms with van der Waals surface area (Å²) in [5, 5.41) is 1.81. The molecule has 0 unspecified atom stereocenters. The van der Waals surface area contributed by atoms with Crippen LogP contribution in [0.15, 0.2) is 65.7 Å². The normalized spacial score (nSPS) is 16.5. The van der Waals surface area contributed by atoms with Gasteiger partial charge in [0.1, 0.15) is 11.0 Å². The lowest BCUT2D eigenvalue weighted by atomic mass is 10.2. The van der Waals surface area contributed by atoms with E-state index in [9.17, 15) is 4.79 Å². The number of aryl methyl sites for hydroxylation is 1. The van der Waals surface area contributed by atoms with Crippen molar-refractivity contribution in [2.24, 2.45) is 7.05 Å². The van der Waals surface area contributed by atoms with Crippen molar-refractivity contribution in [2.45, 2.75) is 25.4 Å². The minimum absolute atomic E-state index is 0.0554. The number of benzene rings is 2. The van der Waals surface area contributed by atoms with Crippen molar-refractivity contribution < 1.29 is 4.74 Å². The molecule has 5 aromatic rings. The largest absolute Gasteiger partial charge is 0.383 e. The van der Waals surface area contributed by atoms with Crippen LogP contribution in [0.3, 0.4) is 0 Å². The van der Waals surface area contributed by atoms with Crippen molar-refractivity contribution in [3.8, 4) is 16.1 Å². The van der Waals surface area contributed by atoms with Crippen molar-refractivity contribution in [1.82, 2.24) is 19.0 Å². The van der Waals surface area contributed by atoms with Gasteiger partial charge in [-0.3, -0.25) is 14.3 Å². The highest BCUT2D eigenvalue weighted by molar-refractivity contribution is 7.22. The Morgan fingerprint density at radius 1 is 1.14 bits per heavy atom. The van der Waals surface area contributed by atoms with Crippen LogP contribution >= 0.6 is 22.9 Å². The first-order valence-corrected chi connectivity index (χ1v) is 13.3. The number of nitrogens with zero attached hydrogens (tertiary/aromatic N) is 4. The van der Waals surface area contributed by atoms with Gasteiger partial charge >= 0.3 is 0 Å². The molecule has 0 aliphatic carbocycles. The third kappa shape index (κ3) is 4.16. The summed E-state index contributed by atoms with van der Waals surface area (Å²) >= 11 is 7.50. The molecule has 0 amide bonds. The van der Waals surface area contributed by atoms with Crippen LogP contribution in [0.5, 0.6) is 0 Å². The van der Waals surface area contributed by atoms with Crippen LogP contribution in [0.1, 0.15) is 18.5 Å². The first-order chi connectivity index (χ1) is 17.5. The van der Waals surface area contributed by atoms with Gasteiger partial charge in [-0.1, -0.05) is 23.7 Å². The van der Waals surface area contributed by atoms with Crippen LogP contribution in [0.4, 0.5) is 0 Å². The van der Waals surface area contributed by atoms with Crippen molar-refractivity contribution in [3.63, 3.8) is 0 Å². The fourth-order valence-electron chi connectivity index (χ4n) is 5.24. The second-order valence-corrected chi connectivity index (χ2v) is 10.9. The zero-order valence-electron chi connectivity index (χ0n) is 20.3. The number of likely N-dealkylation sites (tertiary alicyclic amines) is 1. The summed E-state index contributed by atoms with van der Waals surface area (Å²) in [5.41, 5.74) is 4.92. The van der Waals surface area contributed by atoms with Gasteiger partial charge in [-0.2, -0.15) is 0 Å². The average Bonchev–Trinajstić information content (AvgIpc) is 3.59. The molecule has 6 rings (SSSR count). The maximum atomic E-state index is 13.5. The smallest absolute Gasteiger partial charge is 0.275 e. The Balaban J connectivity index is 1.34. The SMILES string of the molecule is COC[C@H]1CCCN1Cc1cc2cc(-n3cnc4cc(-c5ccc(Cl)cc5)sc4c3=O)ccc2n1C. The van der Waals surface area contributed by atoms with Gasteiger partial charge in [-0.15, -0.1) is 11.3 Å². The van der Waals surface area contributed by atoms with E-state index >= 15 is 0 Å². The molecular weight excluding hydrogens is 492 g/mol. The van der Waals surface area contributed by atoms with E-state index in [1.165, 1.54) is 29.9 Å². The minimum Gasteiger partial charge on any atom is -0.383 e. The summed E-state index contributed by atoms with van der Waals surface area (Å²) in [6.45, 7) is 2.76. The molecule has 36 heavy (non-hydrogen) atoms. The van der Waals surface area contributed by atoms with Crippen LogP contribution in [-0.4, -0.2) is 45.3 Å². The first-order valence-electron chi connectivity index (χ1n) is 12.1. The van der Waals surface area contributed by atoms with E-state index in [0.717, 1.165) is 46.7 Å². The Bertz CT molecular complexity index is 1620. The van der Waals surface area contributed by atoms with Crippen molar-refractivity contribution in [3.05, 3.63) is 82.0 Å². The Kier molecular flexibility index (Phi) is 6.17. The van der Waals surface area contributed by atoms with Gasteiger partial charge in [0.2, 0.25) is 0 Å². The molecule has 8 heteroatoms. The summed E-state index contributed by atoms with van der Waals surface area (Å²) < 4.78 is 9.97. The Hall–Kier alpha value is -2.97. The van der Waals surface area contributed by atoms with Crippen LogP contribution in [0.2, 0.25) is 5.02 Å². The summed E-state index contributed by atoms with van der Waals surface area (Å²) in [4.78, 5) is 21.6. The molecule has 0 bridgehead atoms. The molecule has 0 saturated carbocycles. The number of aromatic nitrogens is 3. The van der Waals surface area contributed by atoms with Crippen molar-refractivity contribution in [1.29, 1.82) is 0 Å². The van der Waals surface area contributed by atoms with Crippen LogP contribution in [0.25, 0.3) is 37.2 Å². The number of methoxy groups -OCH3 is 1. The number of hydrogen-bond acceptors (Lipinski definition) is 5. The molecule has 1 atom stereocenters. The second kappa shape index (κ2) is 9.48. The van der Waals surface area contributed by atoms with E-state index in [1.807, 2.05) is 36.4 Å². The third-order valence-corrected chi connectivity index (χ3v) is 8.61. The van der Waals surface area contributed by atoms with Gasteiger partial charge in [-0.05, 0) is 67.4 Å². The van der Waals surface area contributed by atoms with Gasteiger partial charge in [0.05, 0.1) is 17.8 Å². The highest BCUT2D eigenvalue weighted by Gasteiger charge is 2.25. The number of thiophene rings is 1. The monoisotopic (exact) mass is 518 g/mol. The number of ether oxygens (including phenoxy) is 1. The van der Waals surface area contributed by atoms with Gasteiger partial charge < -0.3 is 9.30 Å². The number of hydrogen-bond donors (Lipinski definition) is 0. The van der Waals surface area contributed by atoms with Gasteiger partial charge in [0, 0.05) is 53.2 Å². The van der Waals surface area contributed by atoms with Crippen LogP contribution in [-0.2, 0) is 18.3 Å². The molecule has 4 heterocycles. The minimum atomic E-state index is -0.0554. The lowest BCUT2D eigenvalue weighted by Gasteiger charge is -2.24. The van der Waals surface area contributed by atoms with E-state index in [2.05, 4.69) is 39.7 Å². The topological polar surface area (TPSA) is 52.3 Å². The summed E-state index contributed by atoms with van der Waals surface area (Å²) in [6.07, 6.45) is 4.03. The Morgan fingerprint density at radius 3 is 2.78 bits per heavy atom. The van der Waals surface area contributed by atoms with E-state index in [0.29, 0.717) is 21.3 Å². The lowest BCUT2D eigenvalue weighted by molar-refractivity contribution is 0.110. The van der Waals surface area contributed by atoms with Crippen molar-refractivity contribution in [2.75, 3.05) is 20.3 Å². The molecular formula is C28H27ClN4O2S. The van der Waals surface area contributed by atoms with Crippen molar-refractivity contribution >= 4 is 44.1 Å². The summed E-state index contributed by atoms with van der Waals surface area (Å²) in [5.74, 6) is 0. The van der Waals surface area contributed by atoms with Gasteiger partial charge in [0.25, 0.3) is 5.56 Å². The molecule has 184 valence electrons. The maximum absolute atomic E-state index is 13.5. The molecule has 2 aromatic carbocycles. The fraction of sp³-hybridized carbons (Fsp3) is 0.286. The summed E-state index contributed by atoms with van der Waals surface area (Å²) in [7, 11) is 3.89. The highest BCUT2D eigenvalue weighted by Crippen LogP contribution is 2.32. The predicted molar refractivity (Wildman–Crippen MR) is 147 cm³/mol. The molecule has 0 radical (unpaired) electrons. The Morgan fingerprint density at radius 2 is 1.97 bits per heavy atom. The van der Waals surface area contributed by atoms with Crippen LogP contribution in [0, 0.1) is 0 Å². The standard InChI is InChI=1S/C28H27ClN4O2S/c1-31-23(15-32-11-3-4-22(32)16-35-2)13-19-12-21(9-10-25(19)31)33-17-30-24-14-26(36-27(24)28(33)34)18-5-7-20(29)8-6-18/h5-10,12-14,17,22H,3-4,11,15-16H2,1-2H3/t22-/m1/s1. The quantitative estimate of drug-likeness (QED) is 0.282. The number of rotatable bonds is 6. The first kappa shape index (κ1) is 23.4. The summed E-state index contributed by atoms with van der Waals surface area (Å²) in [6, 6.07) is 18.5. The molecule has 0 N–H and O–H groups in total. The zero-order chi connectivity index (χ0) is 24.8. The molecule has 1 aliphatic heterocycles. The average molecular weight is 519 g/mol. The van der Waals surface area contributed by atoms with E-state index in [1.54, 1.807) is 18.0 Å². The molecule has 1 aliphatic rings. The second-order valence-electron chi connectivity index (χ2n) is 9.41. The molecule has 1 saturated heterocycles. The maximum Gasteiger partial charge on any atom is 0.275 e. The van der Waals surface area contributed by atoms with Gasteiger partial charge in [-0.25, -0.2) is 4.98 Å². The van der Waals surface area contributed by atoms with Crippen LogP contribution < -0.4 is 5.56 Å². The van der Waals surface area contributed by atoms with E-state index < -0.39 is 0 Å². The number of halogens is 1. The highest BCUT2D eigenvalue weighted by atomic mass is 35.5. The molecule has 6 nitrogen and oxygen atoms in total. The fourth-order valence-corrected chi connectivity index (χ4v) is 6.41. The molecule has 1 fully saturated rings. The van der Waals surface area contributed by atoms with E-state index in [-0.39, 0.29) is 5.56 Å². The lowest BCUT2D eigenvalue weighted by Crippen LogP contribution is -2.32. The van der Waals surface area contributed by atoms with E-state index in [4.69, 9.17) is 16.3 Å². The molecule has 0 spiro atoms. The number of fused-ring (bicyclic) bond motifs is 2.